The van der Waals surface area contributed by atoms with E-state index in [0.29, 0.717) is 0 Å². The Bertz CT molecular complexity index is 313. The molecular weight excluding hydrogens is 202 g/mol. The molecule has 0 amide bonds. The van der Waals surface area contributed by atoms with Crippen LogP contribution in [0, 0.1) is 11.3 Å². The summed E-state index contributed by atoms with van der Waals surface area (Å²) in [6, 6.07) is -0.169. The van der Waals surface area contributed by atoms with Crippen molar-refractivity contribution in [1.82, 2.24) is 4.72 Å². The minimum absolute atomic E-state index is 0.0775. The standard InChI is InChI=1S/C8H17N3O2S/c1-2-14(12,13)11-7-5-3-4-6(7)8(9)10/h6-7,11H,2-5H2,1H3,(H3,9,10). The molecular formula is C8H17N3O2S. The summed E-state index contributed by atoms with van der Waals surface area (Å²) in [7, 11) is -3.17. The van der Waals surface area contributed by atoms with E-state index in [1.54, 1.807) is 6.92 Å². The van der Waals surface area contributed by atoms with Crippen LogP contribution in [-0.4, -0.2) is 26.0 Å². The van der Waals surface area contributed by atoms with E-state index >= 15 is 0 Å². The lowest BCUT2D eigenvalue weighted by molar-refractivity contribution is 0.522. The molecule has 4 N–H and O–H groups in total. The van der Waals surface area contributed by atoms with Gasteiger partial charge < -0.3 is 5.73 Å². The van der Waals surface area contributed by atoms with Gasteiger partial charge in [0.2, 0.25) is 10.0 Å². The fourth-order valence-corrected chi connectivity index (χ4v) is 2.70. The van der Waals surface area contributed by atoms with Crippen LogP contribution in [0.15, 0.2) is 0 Å². The molecule has 1 fully saturated rings. The highest BCUT2D eigenvalue weighted by Crippen LogP contribution is 2.25. The SMILES string of the molecule is CCS(=O)(=O)NC1CCCC1C(=N)N. The van der Waals surface area contributed by atoms with Crippen LogP contribution < -0.4 is 10.5 Å². The maximum atomic E-state index is 11.3. The van der Waals surface area contributed by atoms with Crippen molar-refractivity contribution in [3.05, 3.63) is 0 Å². The fourth-order valence-electron chi connectivity index (χ4n) is 1.79. The number of hydrogen-bond donors (Lipinski definition) is 3. The number of nitrogens with two attached hydrogens (primary N) is 1. The van der Waals surface area contributed by atoms with Crippen molar-refractivity contribution < 1.29 is 8.42 Å². The largest absolute Gasteiger partial charge is 0.387 e. The molecule has 2 unspecified atom stereocenters. The Hall–Kier alpha value is -0.620. The number of amidine groups is 1. The van der Waals surface area contributed by atoms with E-state index in [-0.39, 0.29) is 23.5 Å². The Balaban J connectivity index is 2.65. The maximum Gasteiger partial charge on any atom is 0.211 e. The fraction of sp³-hybridized carbons (Fsp3) is 0.875. The first-order valence-corrected chi connectivity index (χ1v) is 6.45. The third-order valence-corrected chi connectivity index (χ3v) is 4.05. The summed E-state index contributed by atoms with van der Waals surface area (Å²) in [5.41, 5.74) is 5.40. The van der Waals surface area contributed by atoms with E-state index < -0.39 is 10.0 Å². The van der Waals surface area contributed by atoms with E-state index in [0.717, 1.165) is 19.3 Å². The topological polar surface area (TPSA) is 96.0 Å². The second kappa shape index (κ2) is 4.27. The highest BCUT2D eigenvalue weighted by molar-refractivity contribution is 7.89. The molecule has 0 aliphatic heterocycles. The van der Waals surface area contributed by atoms with Gasteiger partial charge in [-0.05, 0) is 19.8 Å². The Morgan fingerprint density at radius 1 is 1.57 bits per heavy atom. The molecule has 0 saturated heterocycles. The van der Waals surface area contributed by atoms with Gasteiger partial charge in [0.05, 0.1) is 11.6 Å². The summed E-state index contributed by atoms with van der Waals surface area (Å²) >= 11 is 0. The zero-order chi connectivity index (χ0) is 10.8. The summed E-state index contributed by atoms with van der Waals surface area (Å²) in [5, 5.41) is 7.33. The molecule has 1 rings (SSSR count). The van der Waals surface area contributed by atoms with Gasteiger partial charge in [0.25, 0.3) is 0 Å². The molecule has 1 saturated carbocycles. The monoisotopic (exact) mass is 219 g/mol. The Labute approximate surface area is 84.6 Å². The summed E-state index contributed by atoms with van der Waals surface area (Å²) in [5.74, 6) is 0.0522. The lowest BCUT2D eigenvalue weighted by atomic mass is 10.0. The zero-order valence-corrected chi connectivity index (χ0v) is 9.10. The van der Waals surface area contributed by atoms with Crippen molar-refractivity contribution in [1.29, 1.82) is 5.41 Å². The first kappa shape index (κ1) is 11.5. The molecule has 0 aromatic carbocycles. The predicted molar refractivity (Wildman–Crippen MR) is 55.6 cm³/mol. The van der Waals surface area contributed by atoms with Crippen LogP contribution in [0.4, 0.5) is 0 Å². The maximum absolute atomic E-state index is 11.3. The normalized spacial score (nSPS) is 27.8. The van der Waals surface area contributed by atoms with E-state index in [9.17, 15) is 8.42 Å². The molecule has 1 aliphatic rings. The van der Waals surface area contributed by atoms with Crippen molar-refractivity contribution in [3.63, 3.8) is 0 Å². The zero-order valence-electron chi connectivity index (χ0n) is 8.29. The summed E-state index contributed by atoms with van der Waals surface area (Å²) < 4.78 is 25.2. The van der Waals surface area contributed by atoms with Crippen LogP contribution in [0.2, 0.25) is 0 Å². The second-order valence-electron chi connectivity index (χ2n) is 3.62. The lowest BCUT2D eigenvalue weighted by Gasteiger charge is -2.19. The smallest absolute Gasteiger partial charge is 0.211 e. The molecule has 6 heteroatoms. The lowest BCUT2D eigenvalue weighted by Crippen LogP contribution is -2.42. The number of rotatable bonds is 4. The number of nitrogens with one attached hydrogen (secondary N) is 2. The van der Waals surface area contributed by atoms with Gasteiger partial charge in [-0.1, -0.05) is 6.42 Å². The van der Waals surface area contributed by atoms with Crippen molar-refractivity contribution in [2.45, 2.75) is 32.2 Å². The van der Waals surface area contributed by atoms with Crippen molar-refractivity contribution in [2.75, 3.05) is 5.75 Å². The highest BCUT2D eigenvalue weighted by Gasteiger charge is 2.31. The molecule has 0 bridgehead atoms. The van der Waals surface area contributed by atoms with Crippen LogP contribution in [0.1, 0.15) is 26.2 Å². The molecule has 0 heterocycles. The van der Waals surface area contributed by atoms with Gasteiger partial charge in [-0.2, -0.15) is 0 Å². The molecule has 0 spiro atoms. The molecule has 2 atom stereocenters. The Kier molecular flexibility index (Phi) is 3.49. The van der Waals surface area contributed by atoms with Crippen LogP contribution in [0.25, 0.3) is 0 Å². The van der Waals surface area contributed by atoms with E-state index in [1.807, 2.05) is 0 Å². The van der Waals surface area contributed by atoms with Gasteiger partial charge in [0.1, 0.15) is 0 Å². The first-order valence-electron chi connectivity index (χ1n) is 4.80. The summed E-state index contributed by atoms with van der Waals surface area (Å²) in [4.78, 5) is 0. The third kappa shape index (κ3) is 2.68. The molecule has 1 aliphatic carbocycles. The van der Waals surface area contributed by atoms with Gasteiger partial charge in [0, 0.05) is 12.0 Å². The first-order chi connectivity index (χ1) is 6.46. The van der Waals surface area contributed by atoms with Gasteiger partial charge in [-0.3, -0.25) is 5.41 Å². The summed E-state index contributed by atoms with van der Waals surface area (Å²) in [6.45, 7) is 1.60. The van der Waals surface area contributed by atoms with Gasteiger partial charge >= 0.3 is 0 Å². The molecule has 0 aromatic rings. The summed E-state index contributed by atoms with van der Waals surface area (Å²) in [6.07, 6.45) is 2.52. The molecule has 82 valence electrons. The van der Waals surface area contributed by atoms with Crippen LogP contribution in [0.3, 0.4) is 0 Å². The molecule has 5 nitrogen and oxygen atoms in total. The Morgan fingerprint density at radius 3 is 2.71 bits per heavy atom. The molecule has 0 aromatic heterocycles. The van der Waals surface area contributed by atoms with Gasteiger partial charge in [0.15, 0.2) is 0 Å². The van der Waals surface area contributed by atoms with E-state index in [1.165, 1.54) is 0 Å². The quantitative estimate of drug-likeness (QED) is 0.460. The van der Waals surface area contributed by atoms with Crippen molar-refractivity contribution in [3.8, 4) is 0 Å². The van der Waals surface area contributed by atoms with Crippen LogP contribution in [-0.2, 0) is 10.0 Å². The van der Waals surface area contributed by atoms with E-state index in [4.69, 9.17) is 11.1 Å². The van der Waals surface area contributed by atoms with Crippen LogP contribution >= 0.6 is 0 Å². The van der Waals surface area contributed by atoms with Crippen LogP contribution in [0.5, 0.6) is 0 Å². The third-order valence-electron chi connectivity index (χ3n) is 2.63. The average molecular weight is 219 g/mol. The van der Waals surface area contributed by atoms with Gasteiger partial charge in [-0.15, -0.1) is 0 Å². The Morgan fingerprint density at radius 2 is 2.21 bits per heavy atom. The minimum atomic E-state index is -3.17. The number of hydrogen-bond acceptors (Lipinski definition) is 3. The molecule has 14 heavy (non-hydrogen) atoms. The highest BCUT2D eigenvalue weighted by atomic mass is 32.2. The van der Waals surface area contributed by atoms with E-state index in [2.05, 4.69) is 4.72 Å². The molecule has 0 radical (unpaired) electrons. The predicted octanol–water partition coefficient (Wildman–Crippen LogP) is 0.0304. The van der Waals surface area contributed by atoms with Crippen molar-refractivity contribution in [2.24, 2.45) is 11.7 Å². The second-order valence-corrected chi connectivity index (χ2v) is 5.66. The number of sulfonamides is 1. The van der Waals surface area contributed by atoms with Gasteiger partial charge in [-0.25, -0.2) is 13.1 Å². The van der Waals surface area contributed by atoms with Crippen molar-refractivity contribution >= 4 is 15.9 Å². The minimum Gasteiger partial charge on any atom is -0.387 e. The average Bonchev–Trinajstić information content (AvgIpc) is 2.51.